The SMILES string of the molecule is c1ccc(-c2nc(-c3ccc4ccc5sc6ccc7nc(-c8ccccc8)oc7c6c5c4c3)nc(-c3ccccc3-c3ccccc3)n2)cc1. The number of hydrogen-bond donors (Lipinski definition) is 0. The van der Waals surface area contributed by atoms with Gasteiger partial charge in [-0.2, -0.15) is 0 Å². The maximum absolute atomic E-state index is 6.54. The smallest absolute Gasteiger partial charge is 0.227 e. The third-order valence-electron chi connectivity index (χ3n) is 9.17. The third kappa shape index (κ3) is 4.77. The average Bonchev–Trinajstić information content (AvgIpc) is 3.81. The highest BCUT2D eigenvalue weighted by Crippen LogP contribution is 2.44. The van der Waals surface area contributed by atoms with Crippen molar-refractivity contribution in [2.24, 2.45) is 0 Å². The molecule has 0 saturated heterocycles. The number of nitrogens with zero attached hydrogens (tertiary/aromatic N) is 4. The van der Waals surface area contributed by atoms with Crippen LogP contribution in [0.25, 0.3) is 98.8 Å². The molecule has 10 aromatic rings. The van der Waals surface area contributed by atoms with E-state index in [4.69, 9.17) is 24.4 Å². The van der Waals surface area contributed by atoms with Crippen LogP contribution in [0.3, 0.4) is 0 Å². The van der Waals surface area contributed by atoms with E-state index in [0.29, 0.717) is 23.4 Å². The molecular weight excluding hydrogens is 633 g/mol. The lowest BCUT2D eigenvalue weighted by Crippen LogP contribution is -2.01. The minimum Gasteiger partial charge on any atom is -0.435 e. The first kappa shape index (κ1) is 28.5. The van der Waals surface area contributed by atoms with Gasteiger partial charge < -0.3 is 4.42 Å². The maximum atomic E-state index is 6.54. The number of thiophene rings is 1. The molecule has 0 saturated carbocycles. The van der Waals surface area contributed by atoms with Crippen LogP contribution in [-0.2, 0) is 0 Å². The standard InChI is InChI=1S/C44H26N4OS/c1-4-12-27(13-5-1)32-18-10-11-19-33(32)43-47-41(29-14-6-2-7-15-29)46-42(48-43)31-21-20-28-22-24-36-38(34(28)26-31)39-37(50-36)25-23-35-40(39)49-44(45-35)30-16-8-3-9-17-30/h1-26H. The van der Waals surface area contributed by atoms with Gasteiger partial charge in [0.2, 0.25) is 5.89 Å². The molecule has 0 aliphatic rings. The van der Waals surface area contributed by atoms with Gasteiger partial charge in [-0.05, 0) is 58.3 Å². The Labute approximate surface area is 291 Å². The highest BCUT2D eigenvalue weighted by molar-refractivity contribution is 7.26. The minimum absolute atomic E-state index is 0.617. The van der Waals surface area contributed by atoms with Crippen LogP contribution in [0.4, 0.5) is 0 Å². The number of benzene rings is 7. The minimum atomic E-state index is 0.617. The molecule has 0 bridgehead atoms. The summed E-state index contributed by atoms with van der Waals surface area (Å²) in [5.41, 5.74) is 7.58. The summed E-state index contributed by atoms with van der Waals surface area (Å²) in [6, 6.07) is 54.0. The van der Waals surface area contributed by atoms with Gasteiger partial charge in [-0.15, -0.1) is 11.3 Å². The molecule has 0 amide bonds. The van der Waals surface area contributed by atoms with Crippen LogP contribution in [0, 0.1) is 0 Å². The molecule has 3 aromatic heterocycles. The molecule has 0 atom stereocenters. The molecule has 3 heterocycles. The van der Waals surface area contributed by atoms with Crippen molar-refractivity contribution < 1.29 is 4.42 Å². The third-order valence-corrected chi connectivity index (χ3v) is 10.3. The van der Waals surface area contributed by atoms with E-state index in [1.807, 2.05) is 72.8 Å². The zero-order valence-electron chi connectivity index (χ0n) is 26.6. The zero-order chi connectivity index (χ0) is 33.0. The predicted molar refractivity (Wildman–Crippen MR) is 205 cm³/mol. The Balaban J connectivity index is 1.21. The summed E-state index contributed by atoms with van der Waals surface area (Å²) < 4.78 is 8.88. The van der Waals surface area contributed by atoms with Crippen molar-refractivity contribution in [3.8, 4) is 56.7 Å². The highest BCUT2D eigenvalue weighted by atomic mass is 32.1. The largest absolute Gasteiger partial charge is 0.435 e. The van der Waals surface area contributed by atoms with Crippen LogP contribution >= 0.6 is 11.3 Å². The average molecular weight is 659 g/mol. The van der Waals surface area contributed by atoms with Crippen LogP contribution in [-0.4, -0.2) is 19.9 Å². The van der Waals surface area contributed by atoms with Crippen molar-refractivity contribution in [1.82, 2.24) is 19.9 Å². The summed E-state index contributed by atoms with van der Waals surface area (Å²) in [6.07, 6.45) is 0. The molecule has 10 rings (SSSR count). The van der Waals surface area contributed by atoms with E-state index in [2.05, 4.69) is 84.9 Å². The van der Waals surface area contributed by atoms with Crippen molar-refractivity contribution >= 4 is 53.4 Å². The normalized spacial score (nSPS) is 11.6. The van der Waals surface area contributed by atoms with Gasteiger partial charge in [-0.3, -0.25) is 0 Å². The van der Waals surface area contributed by atoms with Gasteiger partial charge >= 0.3 is 0 Å². The van der Waals surface area contributed by atoms with Crippen molar-refractivity contribution in [1.29, 1.82) is 0 Å². The quantitative estimate of drug-likeness (QED) is 0.184. The molecule has 0 aliphatic carbocycles. The first-order chi connectivity index (χ1) is 24.8. The Kier molecular flexibility index (Phi) is 6.60. The second kappa shape index (κ2) is 11.6. The van der Waals surface area contributed by atoms with Gasteiger partial charge in [-0.25, -0.2) is 19.9 Å². The van der Waals surface area contributed by atoms with E-state index in [-0.39, 0.29) is 0 Å². The molecule has 50 heavy (non-hydrogen) atoms. The van der Waals surface area contributed by atoms with Gasteiger partial charge in [0.1, 0.15) is 5.52 Å². The molecule has 6 heteroatoms. The van der Waals surface area contributed by atoms with Gasteiger partial charge in [0.05, 0.1) is 0 Å². The molecule has 0 fully saturated rings. The molecule has 7 aromatic carbocycles. The lowest BCUT2D eigenvalue weighted by molar-refractivity contribution is 0.623. The van der Waals surface area contributed by atoms with E-state index < -0.39 is 0 Å². The lowest BCUT2D eigenvalue weighted by Gasteiger charge is -2.12. The molecular formula is C44H26N4OS. The molecule has 0 radical (unpaired) electrons. The first-order valence-corrected chi connectivity index (χ1v) is 17.3. The van der Waals surface area contributed by atoms with E-state index in [1.165, 1.54) is 4.70 Å². The second-order valence-corrected chi connectivity index (χ2v) is 13.3. The van der Waals surface area contributed by atoms with Gasteiger partial charge in [-0.1, -0.05) is 121 Å². The molecule has 0 unspecified atom stereocenters. The van der Waals surface area contributed by atoms with Crippen LogP contribution in [0.5, 0.6) is 0 Å². The van der Waals surface area contributed by atoms with Gasteiger partial charge in [0.15, 0.2) is 23.1 Å². The van der Waals surface area contributed by atoms with E-state index in [0.717, 1.165) is 70.7 Å². The molecule has 0 spiro atoms. The Morgan fingerprint density at radius 3 is 1.76 bits per heavy atom. The summed E-state index contributed by atoms with van der Waals surface area (Å²) in [5.74, 6) is 2.50. The molecule has 234 valence electrons. The fraction of sp³-hybridized carbons (Fsp3) is 0. The van der Waals surface area contributed by atoms with Crippen molar-refractivity contribution in [2.75, 3.05) is 0 Å². The van der Waals surface area contributed by atoms with E-state index in [1.54, 1.807) is 11.3 Å². The number of rotatable bonds is 5. The topological polar surface area (TPSA) is 64.7 Å². The molecule has 0 N–H and O–H groups in total. The van der Waals surface area contributed by atoms with Crippen LogP contribution in [0.1, 0.15) is 0 Å². The van der Waals surface area contributed by atoms with E-state index >= 15 is 0 Å². The summed E-state index contributed by atoms with van der Waals surface area (Å²) in [7, 11) is 0. The van der Waals surface area contributed by atoms with Crippen molar-refractivity contribution in [2.45, 2.75) is 0 Å². The fourth-order valence-electron chi connectivity index (χ4n) is 6.79. The fourth-order valence-corrected chi connectivity index (χ4v) is 7.91. The number of hydrogen-bond acceptors (Lipinski definition) is 6. The van der Waals surface area contributed by atoms with Crippen molar-refractivity contribution in [3.05, 3.63) is 158 Å². The number of oxazole rings is 1. The van der Waals surface area contributed by atoms with Crippen LogP contribution in [0.2, 0.25) is 0 Å². The second-order valence-electron chi connectivity index (χ2n) is 12.2. The first-order valence-electron chi connectivity index (χ1n) is 16.5. The Hall–Kier alpha value is -6.50. The Morgan fingerprint density at radius 2 is 1.00 bits per heavy atom. The monoisotopic (exact) mass is 658 g/mol. The van der Waals surface area contributed by atoms with E-state index in [9.17, 15) is 0 Å². The summed E-state index contributed by atoms with van der Waals surface area (Å²) >= 11 is 1.77. The Bertz CT molecular complexity index is 2860. The number of aromatic nitrogens is 4. The van der Waals surface area contributed by atoms with Crippen molar-refractivity contribution in [3.63, 3.8) is 0 Å². The van der Waals surface area contributed by atoms with Gasteiger partial charge in [0.25, 0.3) is 0 Å². The molecule has 0 aliphatic heterocycles. The van der Waals surface area contributed by atoms with Crippen LogP contribution < -0.4 is 0 Å². The predicted octanol–water partition coefficient (Wildman–Crippen LogP) is 11.9. The summed E-state index contributed by atoms with van der Waals surface area (Å²) in [5, 5.41) is 4.48. The lowest BCUT2D eigenvalue weighted by atomic mass is 9.99. The summed E-state index contributed by atoms with van der Waals surface area (Å²) in [4.78, 5) is 20.2. The number of fused-ring (bicyclic) bond motifs is 7. The summed E-state index contributed by atoms with van der Waals surface area (Å²) in [6.45, 7) is 0. The Morgan fingerprint density at radius 1 is 0.420 bits per heavy atom. The molecule has 5 nitrogen and oxygen atoms in total. The van der Waals surface area contributed by atoms with Gasteiger partial charge in [0, 0.05) is 42.4 Å². The zero-order valence-corrected chi connectivity index (χ0v) is 27.4. The highest BCUT2D eigenvalue weighted by Gasteiger charge is 2.19. The maximum Gasteiger partial charge on any atom is 0.227 e. The van der Waals surface area contributed by atoms with Crippen LogP contribution in [0.15, 0.2) is 162 Å².